The van der Waals surface area contributed by atoms with E-state index >= 15 is 0 Å². The molecule has 0 aliphatic carbocycles. The highest BCUT2D eigenvalue weighted by Crippen LogP contribution is 2.11. The second-order valence-corrected chi connectivity index (χ2v) is 13.2. The Labute approximate surface area is 284 Å². The summed E-state index contributed by atoms with van der Waals surface area (Å²) in [6, 6.07) is 6.71. The lowest BCUT2D eigenvalue weighted by Crippen LogP contribution is -2.30. The van der Waals surface area contributed by atoms with Gasteiger partial charge in [0.25, 0.3) is 0 Å². The first-order valence-electron chi connectivity index (χ1n) is 19.4. The third-order valence-electron chi connectivity index (χ3n) is 8.95. The lowest BCUT2D eigenvalue weighted by molar-refractivity contribution is 0.0446. The molecule has 0 saturated heterocycles. The molecule has 0 heterocycles. The Morgan fingerprint density at radius 3 is 0.935 bits per heavy atom. The molecule has 6 heteroatoms. The molecule has 0 unspecified atom stereocenters. The quantitative estimate of drug-likeness (QED) is 0.0574. The van der Waals surface area contributed by atoms with Gasteiger partial charge in [-0.25, -0.2) is 9.59 Å². The Hall–Kier alpha value is -1.92. The Bertz CT molecular complexity index is 747. The molecule has 0 radical (unpaired) electrons. The largest absolute Gasteiger partial charge is 0.461 e. The lowest BCUT2D eigenvalue weighted by atomic mass is 10.1. The Kier molecular flexibility index (Phi) is 27.8. The van der Waals surface area contributed by atoms with Crippen LogP contribution in [0.3, 0.4) is 0 Å². The van der Waals surface area contributed by atoms with E-state index in [0.29, 0.717) is 24.3 Å². The van der Waals surface area contributed by atoms with Crippen molar-refractivity contribution in [3.05, 3.63) is 35.4 Å². The SMILES string of the molecule is CCCCCCCN(CCCCCCC)CCOC(=O)c1ccc(C(=O)OCCN(CCCCCCC)CCCCCCC)cc1. The topological polar surface area (TPSA) is 59.1 Å². The summed E-state index contributed by atoms with van der Waals surface area (Å²) in [7, 11) is 0. The minimum Gasteiger partial charge on any atom is -0.461 e. The molecular formula is C40H72N2O4. The first-order valence-corrected chi connectivity index (χ1v) is 19.4. The molecule has 46 heavy (non-hydrogen) atoms. The van der Waals surface area contributed by atoms with Gasteiger partial charge in [-0.2, -0.15) is 0 Å². The van der Waals surface area contributed by atoms with Gasteiger partial charge in [0, 0.05) is 13.1 Å². The van der Waals surface area contributed by atoms with Crippen molar-refractivity contribution in [1.82, 2.24) is 9.80 Å². The van der Waals surface area contributed by atoms with E-state index < -0.39 is 0 Å². The molecule has 0 spiro atoms. The highest BCUT2D eigenvalue weighted by molar-refractivity contribution is 5.93. The van der Waals surface area contributed by atoms with E-state index in [4.69, 9.17) is 9.47 Å². The van der Waals surface area contributed by atoms with Crippen LogP contribution in [0.4, 0.5) is 0 Å². The van der Waals surface area contributed by atoms with Gasteiger partial charge in [-0.15, -0.1) is 0 Å². The maximum atomic E-state index is 12.7. The molecule has 1 aromatic carbocycles. The molecule has 266 valence electrons. The number of ether oxygens (including phenoxy) is 2. The predicted molar refractivity (Wildman–Crippen MR) is 195 cm³/mol. The van der Waals surface area contributed by atoms with E-state index in [1.165, 1.54) is 128 Å². The van der Waals surface area contributed by atoms with Crippen LogP contribution in [0.2, 0.25) is 0 Å². The van der Waals surface area contributed by atoms with Crippen LogP contribution in [-0.2, 0) is 9.47 Å². The van der Waals surface area contributed by atoms with Gasteiger partial charge in [0.1, 0.15) is 13.2 Å². The van der Waals surface area contributed by atoms with Crippen LogP contribution in [0, 0.1) is 0 Å². The van der Waals surface area contributed by atoms with Crippen molar-refractivity contribution in [2.75, 3.05) is 52.5 Å². The molecule has 6 nitrogen and oxygen atoms in total. The van der Waals surface area contributed by atoms with Gasteiger partial charge in [0.05, 0.1) is 11.1 Å². The van der Waals surface area contributed by atoms with Gasteiger partial charge in [0.15, 0.2) is 0 Å². The molecule has 0 fully saturated rings. The summed E-state index contributed by atoms with van der Waals surface area (Å²) in [6.45, 7) is 15.6. The lowest BCUT2D eigenvalue weighted by Gasteiger charge is -2.22. The van der Waals surface area contributed by atoms with Gasteiger partial charge < -0.3 is 9.47 Å². The van der Waals surface area contributed by atoms with E-state index in [-0.39, 0.29) is 11.9 Å². The van der Waals surface area contributed by atoms with Crippen LogP contribution in [-0.4, -0.2) is 74.2 Å². The van der Waals surface area contributed by atoms with Crippen molar-refractivity contribution >= 4 is 11.9 Å². The second-order valence-electron chi connectivity index (χ2n) is 13.2. The van der Waals surface area contributed by atoms with Crippen molar-refractivity contribution in [3.8, 4) is 0 Å². The van der Waals surface area contributed by atoms with Gasteiger partial charge in [-0.05, 0) is 76.1 Å². The molecule has 0 aromatic heterocycles. The minimum absolute atomic E-state index is 0.334. The third kappa shape index (κ3) is 22.6. The summed E-state index contributed by atoms with van der Waals surface area (Å²) in [5.41, 5.74) is 0.944. The van der Waals surface area contributed by atoms with Gasteiger partial charge in [0.2, 0.25) is 0 Å². The third-order valence-corrected chi connectivity index (χ3v) is 8.95. The molecule has 0 bridgehead atoms. The number of carbonyl (C=O) groups is 2. The highest BCUT2D eigenvalue weighted by atomic mass is 16.5. The van der Waals surface area contributed by atoms with Crippen molar-refractivity contribution in [2.24, 2.45) is 0 Å². The summed E-state index contributed by atoms with van der Waals surface area (Å²) in [4.78, 5) is 30.4. The Morgan fingerprint density at radius 1 is 0.413 bits per heavy atom. The first kappa shape index (κ1) is 42.1. The molecule has 1 rings (SSSR count). The smallest absolute Gasteiger partial charge is 0.338 e. The number of unbranched alkanes of at least 4 members (excludes halogenated alkanes) is 16. The van der Waals surface area contributed by atoms with Crippen LogP contribution in [0.25, 0.3) is 0 Å². The summed E-state index contributed by atoms with van der Waals surface area (Å²) in [6.07, 6.45) is 25.4. The van der Waals surface area contributed by atoms with E-state index in [9.17, 15) is 9.59 Å². The van der Waals surface area contributed by atoms with Crippen LogP contribution >= 0.6 is 0 Å². The minimum atomic E-state index is -0.334. The molecule has 0 amide bonds. The summed E-state index contributed by atoms with van der Waals surface area (Å²) < 4.78 is 11.3. The van der Waals surface area contributed by atoms with Crippen molar-refractivity contribution in [3.63, 3.8) is 0 Å². The van der Waals surface area contributed by atoms with E-state index in [1.807, 2.05) is 0 Å². The number of hydrogen-bond donors (Lipinski definition) is 0. The van der Waals surface area contributed by atoms with Crippen LogP contribution in [0.1, 0.15) is 177 Å². The first-order chi connectivity index (χ1) is 22.5. The average molecular weight is 645 g/mol. The highest BCUT2D eigenvalue weighted by Gasteiger charge is 2.13. The zero-order valence-corrected chi connectivity index (χ0v) is 30.6. The maximum absolute atomic E-state index is 12.7. The monoisotopic (exact) mass is 645 g/mol. The molecular weight excluding hydrogens is 572 g/mol. The Balaban J connectivity index is 2.48. The number of nitrogens with zero attached hydrogens (tertiary/aromatic N) is 2. The molecule has 0 aliphatic heterocycles. The second kappa shape index (κ2) is 30.4. The number of benzene rings is 1. The number of carbonyl (C=O) groups excluding carboxylic acids is 2. The molecule has 0 atom stereocenters. The zero-order valence-electron chi connectivity index (χ0n) is 30.6. The molecule has 0 aliphatic rings. The number of rotatable bonds is 32. The van der Waals surface area contributed by atoms with Crippen LogP contribution in [0.5, 0.6) is 0 Å². The van der Waals surface area contributed by atoms with Crippen molar-refractivity contribution in [2.45, 2.75) is 156 Å². The van der Waals surface area contributed by atoms with E-state index in [0.717, 1.165) is 39.3 Å². The zero-order chi connectivity index (χ0) is 33.5. The number of esters is 2. The van der Waals surface area contributed by atoms with E-state index in [2.05, 4.69) is 37.5 Å². The summed E-state index contributed by atoms with van der Waals surface area (Å²) in [5, 5.41) is 0. The van der Waals surface area contributed by atoms with Crippen LogP contribution in [0.15, 0.2) is 24.3 Å². The van der Waals surface area contributed by atoms with Gasteiger partial charge in [-0.3, -0.25) is 9.80 Å². The van der Waals surface area contributed by atoms with E-state index in [1.54, 1.807) is 24.3 Å². The van der Waals surface area contributed by atoms with Crippen molar-refractivity contribution in [1.29, 1.82) is 0 Å². The number of hydrogen-bond acceptors (Lipinski definition) is 6. The average Bonchev–Trinajstić information content (AvgIpc) is 3.07. The van der Waals surface area contributed by atoms with Gasteiger partial charge in [-0.1, -0.05) is 130 Å². The standard InChI is InChI=1S/C40H72N2O4/c1-5-9-13-17-21-29-41(30-22-18-14-10-6-2)33-35-45-39(43)37-25-27-38(28-26-37)40(44)46-36-34-42(31-23-19-15-11-7-3)32-24-20-16-12-8-4/h25-28H,5-24,29-36H2,1-4H3. The summed E-state index contributed by atoms with van der Waals surface area (Å²) >= 11 is 0. The van der Waals surface area contributed by atoms with Gasteiger partial charge >= 0.3 is 11.9 Å². The fourth-order valence-corrected chi connectivity index (χ4v) is 5.87. The summed E-state index contributed by atoms with van der Waals surface area (Å²) in [5.74, 6) is -0.668. The Morgan fingerprint density at radius 2 is 0.674 bits per heavy atom. The maximum Gasteiger partial charge on any atom is 0.338 e. The molecule has 0 N–H and O–H groups in total. The van der Waals surface area contributed by atoms with Crippen molar-refractivity contribution < 1.29 is 19.1 Å². The molecule has 1 aromatic rings. The molecule has 0 saturated carbocycles. The fourth-order valence-electron chi connectivity index (χ4n) is 5.87. The normalized spacial score (nSPS) is 11.4. The fraction of sp³-hybridized carbons (Fsp3) is 0.800. The predicted octanol–water partition coefficient (Wildman–Crippen LogP) is 10.5. The van der Waals surface area contributed by atoms with Crippen LogP contribution < -0.4 is 0 Å².